The molecule has 0 aromatic carbocycles. The summed E-state index contributed by atoms with van der Waals surface area (Å²) in [4.78, 5) is 11.1. The summed E-state index contributed by atoms with van der Waals surface area (Å²) < 4.78 is 9.86. The average Bonchev–Trinajstić information content (AvgIpc) is 2.62. The first-order valence-corrected chi connectivity index (χ1v) is 11.1. The van der Waals surface area contributed by atoms with E-state index in [1.807, 2.05) is 6.92 Å². The second-order valence-electron chi connectivity index (χ2n) is 7.25. The Hall–Kier alpha value is -0.730. The van der Waals surface area contributed by atoms with E-state index in [0.717, 1.165) is 19.3 Å². The predicted molar refractivity (Wildman–Crippen MR) is 107 cm³/mol. The Labute approximate surface area is 157 Å². The van der Waals surface area contributed by atoms with Crippen LogP contribution in [-0.4, -0.2) is 19.4 Å². The summed E-state index contributed by atoms with van der Waals surface area (Å²) in [5.41, 5.74) is 0. The molecule has 0 spiro atoms. The van der Waals surface area contributed by atoms with Gasteiger partial charge in [0.25, 0.3) is 0 Å². The smallest absolute Gasteiger partial charge is 0.434 e. The normalized spacial score (nSPS) is 10.8. The molecule has 3 heteroatoms. The Balaban J connectivity index is 3.04. The number of hydrogen-bond acceptors (Lipinski definition) is 3. The molecule has 0 fully saturated rings. The molecule has 0 rings (SSSR count). The fourth-order valence-electron chi connectivity index (χ4n) is 3.03. The largest absolute Gasteiger partial charge is 0.508 e. The molecule has 0 aliphatic rings. The summed E-state index contributed by atoms with van der Waals surface area (Å²) in [6.07, 6.45) is 22.0. The third-order valence-electron chi connectivity index (χ3n) is 4.64. The number of unbranched alkanes of at least 4 members (excludes halogenated alkanes) is 15. The molecule has 150 valence electrons. The first-order chi connectivity index (χ1) is 12.3. The second kappa shape index (κ2) is 21.3. The molecule has 0 amide bonds. The Bertz CT molecular complexity index is 266. The van der Waals surface area contributed by atoms with E-state index in [2.05, 4.69) is 6.92 Å². The molecular weight excluding hydrogens is 312 g/mol. The van der Waals surface area contributed by atoms with Crippen LogP contribution in [0.4, 0.5) is 4.79 Å². The van der Waals surface area contributed by atoms with Crippen molar-refractivity contribution >= 4 is 6.16 Å². The van der Waals surface area contributed by atoms with Gasteiger partial charge in [0, 0.05) is 0 Å². The number of carbonyl (C=O) groups excluding carboxylic acids is 1. The van der Waals surface area contributed by atoms with Gasteiger partial charge in [0.15, 0.2) is 0 Å². The predicted octanol–water partition coefficient (Wildman–Crippen LogP) is 7.81. The minimum Gasteiger partial charge on any atom is -0.434 e. The summed E-state index contributed by atoms with van der Waals surface area (Å²) in [6.45, 7) is 5.21. The van der Waals surface area contributed by atoms with Crippen LogP contribution >= 0.6 is 0 Å². The molecule has 0 bridgehead atoms. The zero-order valence-electron chi connectivity index (χ0n) is 17.2. The fourth-order valence-corrected chi connectivity index (χ4v) is 3.03. The molecular formula is C22H44O3. The van der Waals surface area contributed by atoms with Crippen LogP contribution in [0, 0.1) is 0 Å². The van der Waals surface area contributed by atoms with Crippen molar-refractivity contribution in [3.8, 4) is 0 Å². The minimum atomic E-state index is -0.511. The van der Waals surface area contributed by atoms with E-state index in [-0.39, 0.29) is 0 Å². The van der Waals surface area contributed by atoms with Crippen LogP contribution in [0.3, 0.4) is 0 Å². The summed E-state index contributed by atoms with van der Waals surface area (Å²) in [5, 5.41) is 0. The molecule has 0 saturated carbocycles. The van der Waals surface area contributed by atoms with Gasteiger partial charge >= 0.3 is 6.16 Å². The van der Waals surface area contributed by atoms with Crippen molar-refractivity contribution in [2.24, 2.45) is 0 Å². The van der Waals surface area contributed by atoms with Crippen LogP contribution in [-0.2, 0) is 9.47 Å². The molecule has 0 aromatic rings. The molecule has 0 aliphatic carbocycles. The van der Waals surface area contributed by atoms with Gasteiger partial charge in [-0.25, -0.2) is 4.79 Å². The number of hydrogen-bond donors (Lipinski definition) is 0. The number of rotatable bonds is 19. The Morgan fingerprint density at radius 3 is 1.24 bits per heavy atom. The van der Waals surface area contributed by atoms with E-state index in [4.69, 9.17) is 9.47 Å². The highest BCUT2D eigenvalue weighted by atomic mass is 16.7. The summed E-state index contributed by atoms with van der Waals surface area (Å²) in [6, 6.07) is 0. The van der Waals surface area contributed by atoms with Crippen LogP contribution < -0.4 is 0 Å². The van der Waals surface area contributed by atoms with E-state index in [1.54, 1.807) is 0 Å². The van der Waals surface area contributed by atoms with Gasteiger partial charge in [-0.1, -0.05) is 110 Å². The van der Waals surface area contributed by atoms with Gasteiger partial charge in [0.1, 0.15) is 0 Å². The maximum absolute atomic E-state index is 11.1. The van der Waals surface area contributed by atoms with Crippen LogP contribution in [0.15, 0.2) is 0 Å². The van der Waals surface area contributed by atoms with Gasteiger partial charge in [0.05, 0.1) is 13.2 Å². The summed E-state index contributed by atoms with van der Waals surface area (Å²) in [5.74, 6) is 0. The highest BCUT2D eigenvalue weighted by Gasteiger charge is 2.01. The zero-order valence-corrected chi connectivity index (χ0v) is 17.2. The van der Waals surface area contributed by atoms with Gasteiger partial charge in [-0.15, -0.1) is 0 Å². The van der Waals surface area contributed by atoms with E-state index < -0.39 is 6.16 Å². The molecule has 25 heavy (non-hydrogen) atoms. The van der Waals surface area contributed by atoms with Gasteiger partial charge in [-0.3, -0.25) is 0 Å². The van der Waals surface area contributed by atoms with E-state index in [1.165, 1.54) is 89.9 Å². The van der Waals surface area contributed by atoms with E-state index in [9.17, 15) is 4.79 Å². The molecule has 0 saturated heterocycles. The van der Waals surface area contributed by atoms with Gasteiger partial charge in [0.2, 0.25) is 0 Å². The highest BCUT2D eigenvalue weighted by Crippen LogP contribution is 2.13. The molecule has 3 nitrogen and oxygen atoms in total. The SMILES string of the molecule is CCCCCCCCCCCCCCCCCCOC(=O)OCCC. The van der Waals surface area contributed by atoms with Crippen LogP contribution in [0.25, 0.3) is 0 Å². The maximum Gasteiger partial charge on any atom is 0.508 e. The number of ether oxygens (including phenoxy) is 2. The maximum atomic E-state index is 11.1. The van der Waals surface area contributed by atoms with Crippen molar-refractivity contribution in [3.63, 3.8) is 0 Å². The molecule has 0 aromatic heterocycles. The lowest BCUT2D eigenvalue weighted by Crippen LogP contribution is -2.08. The minimum absolute atomic E-state index is 0.456. The fraction of sp³-hybridized carbons (Fsp3) is 0.955. The Kier molecular flexibility index (Phi) is 20.7. The average molecular weight is 357 g/mol. The standard InChI is InChI=1S/C22H44O3/c1-3-5-6-7-8-9-10-11-12-13-14-15-16-17-18-19-21-25-22(23)24-20-4-2/h3-21H2,1-2H3. The highest BCUT2D eigenvalue weighted by molar-refractivity contribution is 5.59. The van der Waals surface area contributed by atoms with Crippen molar-refractivity contribution in [1.82, 2.24) is 0 Å². The molecule has 0 aliphatic heterocycles. The third kappa shape index (κ3) is 21.2. The molecule has 0 heterocycles. The van der Waals surface area contributed by atoms with E-state index >= 15 is 0 Å². The van der Waals surface area contributed by atoms with Crippen molar-refractivity contribution < 1.29 is 14.3 Å². The van der Waals surface area contributed by atoms with E-state index in [0.29, 0.717) is 13.2 Å². The lowest BCUT2D eigenvalue weighted by atomic mass is 10.0. The number of carbonyl (C=O) groups is 1. The Morgan fingerprint density at radius 2 is 0.840 bits per heavy atom. The molecule has 0 radical (unpaired) electrons. The molecule has 0 unspecified atom stereocenters. The lowest BCUT2D eigenvalue weighted by molar-refractivity contribution is 0.0541. The van der Waals surface area contributed by atoms with Crippen LogP contribution in [0.1, 0.15) is 123 Å². The van der Waals surface area contributed by atoms with Crippen LogP contribution in [0.5, 0.6) is 0 Å². The summed E-state index contributed by atoms with van der Waals surface area (Å²) >= 11 is 0. The Morgan fingerprint density at radius 1 is 0.480 bits per heavy atom. The van der Waals surface area contributed by atoms with Crippen molar-refractivity contribution in [1.29, 1.82) is 0 Å². The first kappa shape index (κ1) is 24.3. The third-order valence-corrected chi connectivity index (χ3v) is 4.64. The monoisotopic (exact) mass is 356 g/mol. The van der Waals surface area contributed by atoms with Crippen molar-refractivity contribution in [2.75, 3.05) is 13.2 Å². The zero-order chi connectivity index (χ0) is 18.4. The second-order valence-corrected chi connectivity index (χ2v) is 7.25. The lowest BCUT2D eigenvalue weighted by Gasteiger charge is -2.05. The van der Waals surface area contributed by atoms with Crippen molar-refractivity contribution in [3.05, 3.63) is 0 Å². The topological polar surface area (TPSA) is 35.5 Å². The quantitative estimate of drug-likeness (QED) is 0.175. The first-order valence-electron chi connectivity index (χ1n) is 11.1. The van der Waals surface area contributed by atoms with Crippen LogP contribution in [0.2, 0.25) is 0 Å². The van der Waals surface area contributed by atoms with Gasteiger partial charge < -0.3 is 9.47 Å². The van der Waals surface area contributed by atoms with Gasteiger partial charge in [-0.2, -0.15) is 0 Å². The molecule has 0 N–H and O–H groups in total. The van der Waals surface area contributed by atoms with Crippen molar-refractivity contribution in [2.45, 2.75) is 123 Å². The molecule has 0 atom stereocenters. The van der Waals surface area contributed by atoms with Gasteiger partial charge in [-0.05, 0) is 12.8 Å². The summed E-state index contributed by atoms with van der Waals surface area (Å²) in [7, 11) is 0.